The molecule has 0 aromatic heterocycles. The summed E-state index contributed by atoms with van der Waals surface area (Å²) >= 11 is 3.34. The molecule has 0 N–H and O–H groups in total. The lowest BCUT2D eigenvalue weighted by molar-refractivity contribution is 0.100. The standard InChI is InChI=1S/C12H5BrN2O/c13-10-3-1-2-8-11(16)4-9(12(8)10)7(5-14)6-15/h1-3H,4H2. The van der Waals surface area contributed by atoms with Gasteiger partial charge in [-0.1, -0.05) is 28.1 Å². The maximum absolute atomic E-state index is 11.7. The van der Waals surface area contributed by atoms with E-state index < -0.39 is 0 Å². The van der Waals surface area contributed by atoms with Crippen LogP contribution in [0.2, 0.25) is 0 Å². The first-order valence-corrected chi connectivity index (χ1v) is 5.33. The summed E-state index contributed by atoms with van der Waals surface area (Å²) in [5.74, 6) is -0.0469. The fourth-order valence-corrected chi connectivity index (χ4v) is 2.39. The minimum atomic E-state index is -0.0469. The molecule has 0 aliphatic heterocycles. The molecule has 0 saturated carbocycles. The predicted molar refractivity (Wildman–Crippen MR) is 61.2 cm³/mol. The van der Waals surface area contributed by atoms with Crippen LogP contribution in [0.15, 0.2) is 28.2 Å². The average molecular weight is 273 g/mol. The molecule has 1 aliphatic rings. The summed E-state index contributed by atoms with van der Waals surface area (Å²) in [6.45, 7) is 0. The maximum atomic E-state index is 11.7. The van der Waals surface area contributed by atoms with Crippen LogP contribution in [0.1, 0.15) is 22.3 Å². The minimum Gasteiger partial charge on any atom is -0.294 e. The van der Waals surface area contributed by atoms with Crippen molar-refractivity contribution in [1.82, 2.24) is 0 Å². The summed E-state index contributed by atoms with van der Waals surface area (Å²) in [6, 6.07) is 8.93. The second kappa shape index (κ2) is 3.92. The Morgan fingerprint density at radius 3 is 2.62 bits per heavy atom. The van der Waals surface area contributed by atoms with Crippen LogP contribution in [-0.4, -0.2) is 5.78 Å². The monoisotopic (exact) mass is 272 g/mol. The van der Waals surface area contributed by atoms with Gasteiger partial charge < -0.3 is 0 Å². The van der Waals surface area contributed by atoms with Gasteiger partial charge in [0.1, 0.15) is 17.7 Å². The molecule has 76 valence electrons. The van der Waals surface area contributed by atoms with Gasteiger partial charge in [-0.05, 0) is 11.6 Å². The average Bonchev–Trinajstić information content (AvgIpc) is 2.60. The number of carbonyl (C=O) groups is 1. The summed E-state index contributed by atoms with van der Waals surface area (Å²) in [4.78, 5) is 11.7. The quantitative estimate of drug-likeness (QED) is 0.682. The van der Waals surface area contributed by atoms with Gasteiger partial charge in [0.05, 0.1) is 0 Å². The van der Waals surface area contributed by atoms with Crippen LogP contribution in [0.25, 0.3) is 5.57 Å². The molecule has 0 spiro atoms. The third kappa shape index (κ3) is 1.44. The Balaban J connectivity index is 2.79. The Morgan fingerprint density at radius 1 is 1.31 bits per heavy atom. The summed E-state index contributed by atoms with van der Waals surface area (Å²) in [5.41, 5.74) is 1.80. The Kier molecular flexibility index (Phi) is 2.60. The minimum absolute atomic E-state index is 0.0130. The topological polar surface area (TPSA) is 64.7 Å². The van der Waals surface area contributed by atoms with E-state index in [1.165, 1.54) is 0 Å². The van der Waals surface area contributed by atoms with Gasteiger partial charge in [0.2, 0.25) is 0 Å². The number of fused-ring (bicyclic) bond motifs is 1. The van der Waals surface area contributed by atoms with Gasteiger partial charge in [-0.2, -0.15) is 10.5 Å². The summed E-state index contributed by atoms with van der Waals surface area (Å²) in [6.07, 6.45) is 0.133. The number of nitrogens with zero attached hydrogens (tertiary/aromatic N) is 2. The molecule has 0 amide bonds. The molecule has 16 heavy (non-hydrogen) atoms. The van der Waals surface area contributed by atoms with Crippen LogP contribution >= 0.6 is 15.9 Å². The van der Waals surface area contributed by atoms with Crippen LogP contribution < -0.4 is 0 Å². The summed E-state index contributed by atoms with van der Waals surface area (Å²) < 4.78 is 0.744. The predicted octanol–water partition coefficient (Wildman–Crippen LogP) is 2.84. The van der Waals surface area contributed by atoms with Crippen molar-refractivity contribution >= 4 is 27.3 Å². The molecule has 0 heterocycles. The molecule has 1 aromatic carbocycles. The van der Waals surface area contributed by atoms with E-state index in [0.717, 1.165) is 4.47 Å². The summed E-state index contributed by atoms with van der Waals surface area (Å²) in [7, 11) is 0. The van der Waals surface area contributed by atoms with Gasteiger partial charge >= 0.3 is 0 Å². The molecule has 0 saturated heterocycles. The lowest BCUT2D eigenvalue weighted by atomic mass is 10.0. The van der Waals surface area contributed by atoms with Crippen molar-refractivity contribution in [2.24, 2.45) is 0 Å². The van der Waals surface area contributed by atoms with Crippen LogP contribution in [0.5, 0.6) is 0 Å². The van der Waals surface area contributed by atoms with Gasteiger partial charge in [-0.25, -0.2) is 0 Å². The molecule has 2 rings (SSSR count). The van der Waals surface area contributed by atoms with Crippen LogP contribution in [-0.2, 0) is 0 Å². The van der Waals surface area contributed by atoms with Gasteiger partial charge in [-0.3, -0.25) is 4.79 Å². The number of benzene rings is 1. The number of ketones is 1. The molecule has 0 atom stereocenters. The lowest BCUT2D eigenvalue weighted by Gasteiger charge is -2.02. The van der Waals surface area contributed by atoms with Crippen molar-refractivity contribution in [2.75, 3.05) is 0 Å². The van der Waals surface area contributed by atoms with E-state index in [-0.39, 0.29) is 17.8 Å². The largest absolute Gasteiger partial charge is 0.294 e. The molecule has 1 aromatic rings. The second-order valence-corrected chi connectivity index (χ2v) is 4.19. The highest BCUT2D eigenvalue weighted by molar-refractivity contribution is 9.10. The Bertz CT molecular complexity index is 586. The highest BCUT2D eigenvalue weighted by Gasteiger charge is 2.28. The molecule has 0 fully saturated rings. The zero-order chi connectivity index (χ0) is 11.7. The molecular formula is C12H5BrN2O. The Morgan fingerprint density at radius 2 is 2.00 bits per heavy atom. The number of halogens is 1. The first-order valence-electron chi connectivity index (χ1n) is 4.54. The summed E-state index contributed by atoms with van der Waals surface area (Å²) in [5, 5.41) is 17.7. The molecule has 0 bridgehead atoms. The van der Waals surface area contributed by atoms with Crippen molar-refractivity contribution in [1.29, 1.82) is 10.5 Å². The number of nitriles is 2. The molecule has 0 radical (unpaired) electrons. The third-order valence-electron chi connectivity index (χ3n) is 2.48. The zero-order valence-electron chi connectivity index (χ0n) is 8.12. The van der Waals surface area contributed by atoms with E-state index in [1.54, 1.807) is 18.2 Å². The highest BCUT2D eigenvalue weighted by atomic mass is 79.9. The lowest BCUT2D eigenvalue weighted by Crippen LogP contribution is -1.89. The number of carbonyl (C=O) groups excluding carboxylic acids is 1. The normalized spacial score (nSPS) is 12.9. The van der Waals surface area contributed by atoms with E-state index in [9.17, 15) is 4.79 Å². The van der Waals surface area contributed by atoms with Crippen molar-refractivity contribution < 1.29 is 4.79 Å². The first kappa shape index (κ1) is 10.6. The van der Waals surface area contributed by atoms with Gasteiger partial charge in [0, 0.05) is 22.0 Å². The van der Waals surface area contributed by atoms with Crippen molar-refractivity contribution in [3.8, 4) is 12.1 Å². The first-order chi connectivity index (χ1) is 7.69. The number of hydrogen-bond donors (Lipinski definition) is 0. The van der Waals surface area contributed by atoms with Gasteiger partial charge in [0.15, 0.2) is 5.78 Å². The van der Waals surface area contributed by atoms with Gasteiger partial charge in [-0.15, -0.1) is 0 Å². The number of Topliss-reactive ketones (excluding diaryl/α,β-unsaturated/α-hetero) is 1. The third-order valence-corrected chi connectivity index (χ3v) is 3.14. The molecule has 3 nitrogen and oxygen atoms in total. The fourth-order valence-electron chi connectivity index (χ4n) is 1.78. The van der Waals surface area contributed by atoms with E-state index in [4.69, 9.17) is 10.5 Å². The van der Waals surface area contributed by atoms with Gasteiger partial charge in [0.25, 0.3) is 0 Å². The Labute approximate surface area is 101 Å². The van der Waals surface area contributed by atoms with E-state index in [1.807, 2.05) is 12.1 Å². The van der Waals surface area contributed by atoms with E-state index >= 15 is 0 Å². The van der Waals surface area contributed by atoms with Crippen LogP contribution in [0, 0.1) is 22.7 Å². The fraction of sp³-hybridized carbons (Fsp3) is 0.0833. The van der Waals surface area contributed by atoms with Crippen molar-refractivity contribution in [2.45, 2.75) is 6.42 Å². The molecule has 1 aliphatic carbocycles. The van der Waals surface area contributed by atoms with E-state index in [0.29, 0.717) is 16.7 Å². The van der Waals surface area contributed by atoms with E-state index in [2.05, 4.69) is 15.9 Å². The highest BCUT2D eigenvalue weighted by Crippen LogP contribution is 2.38. The number of allylic oxidation sites excluding steroid dienone is 2. The smallest absolute Gasteiger partial charge is 0.167 e. The molecule has 0 unspecified atom stereocenters. The van der Waals surface area contributed by atoms with Crippen molar-refractivity contribution in [3.63, 3.8) is 0 Å². The Hall–Kier alpha value is -1.91. The van der Waals surface area contributed by atoms with Crippen LogP contribution in [0.4, 0.5) is 0 Å². The number of rotatable bonds is 0. The molecule has 4 heteroatoms. The molecular weight excluding hydrogens is 268 g/mol. The van der Waals surface area contributed by atoms with Crippen molar-refractivity contribution in [3.05, 3.63) is 39.4 Å². The zero-order valence-corrected chi connectivity index (χ0v) is 9.71. The maximum Gasteiger partial charge on any atom is 0.167 e. The number of hydrogen-bond acceptors (Lipinski definition) is 3. The SMILES string of the molecule is N#CC(C#N)=C1CC(=O)c2cccc(Br)c21. The second-order valence-electron chi connectivity index (χ2n) is 3.34. The van der Waals surface area contributed by atoms with Crippen LogP contribution in [0.3, 0.4) is 0 Å².